The molecule has 0 aliphatic heterocycles. The molecule has 0 fully saturated rings. The summed E-state index contributed by atoms with van der Waals surface area (Å²) < 4.78 is 0. The molecule has 0 unspecified atom stereocenters. The molecule has 0 atom stereocenters. The van der Waals surface area contributed by atoms with E-state index in [1.807, 2.05) is 0 Å². The Bertz CT molecular complexity index is 440. The summed E-state index contributed by atoms with van der Waals surface area (Å²) in [5, 5.41) is 3.65. The molecule has 1 aromatic carbocycles. The summed E-state index contributed by atoms with van der Waals surface area (Å²) in [6.45, 7) is 5.68. The minimum Gasteiger partial charge on any atom is -0.385 e. The third kappa shape index (κ3) is 14.1. The summed E-state index contributed by atoms with van der Waals surface area (Å²) in [4.78, 5) is 0. The van der Waals surface area contributed by atoms with Gasteiger partial charge in [0.25, 0.3) is 0 Å². The molecule has 1 nitrogen and oxygen atoms in total. The normalized spacial score (nSPS) is 11.1. The van der Waals surface area contributed by atoms with Gasteiger partial charge in [-0.05, 0) is 24.5 Å². The molecule has 0 aromatic heterocycles. The van der Waals surface area contributed by atoms with Crippen LogP contribution in [0.4, 0.5) is 5.69 Å². The highest BCUT2D eigenvalue weighted by Gasteiger charge is 2.00. The Morgan fingerprint density at radius 3 is 1.50 bits per heavy atom. The number of rotatable bonds is 20. The lowest BCUT2D eigenvalue weighted by atomic mass is 10.0. The highest BCUT2D eigenvalue weighted by molar-refractivity contribution is 5.51. The van der Waals surface area contributed by atoms with Gasteiger partial charge in [0.05, 0.1) is 0 Å². The third-order valence-electron chi connectivity index (χ3n) is 5.88. The van der Waals surface area contributed by atoms with Crippen molar-refractivity contribution in [3.63, 3.8) is 0 Å². The first-order valence-electron chi connectivity index (χ1n) is 12.7. The summed E-state index contributed by atoms with van der Waals surface area (Å²) >= 11 is 0. The summed E-state index contributed by atoms with van der Waals surface area (Å²) in [6, 6.07) is 8.80. The van der Waals surface area contributed by atoms with Gasteiger partial charge >= 0.3 is 0 Å². The average Bonchev–Trinajstić information content (AvgIpc) is 2.71. The number of hydrogen-bond acceptors (Lipinski definition) is 1. The van der Waals surface area contributed by atoms with Crippen LogP contribution in [0.15, 0.2) is 24.3 Å². The molecule has 0 radical (unpaired) electrons. The summed E-state index contributed by atoms with van der Waals surface area (Å²) in [7, 11) is 0. The molecule has 28 heavy (non-hydrogen) atoms. The fourth-order valence-corrected chi connectivity index (χ4v) is 4.08. The number of aryl methyl sites for hydroxylation is 1. The van der Waals surface area contributed by atoms with E-state index in [1.165, 1.54) is 127 Å². The zero-order chi connectivity index (χ0) is 20.1. The van der Waals surface area contributed by atoms with Crippen LogP contribution in [0.25, 0.3) is 0 Å². The molecule has 1 aromatic rings. The van der Waals surface area contributed by atoms with Gasteiger partial charge < -0.3 is 5.32 Å². The molecule has 1 rings (SSSR count). The van der Waals surface area contributed by atoms with Crippen molar-refractivity contribution in [2.24, 2.45) is 0 Å². The van der Waals surface area contributed by atoms with Crippen LogP contribution in [0.1, 0.15) is 129 Å². The van der Waals surface area contributed by atoms with E-state index >= 15 is 0 Å². The van der Waals surface area contributed by atoms with Crippen molar-refractivity contribution in [3.8, 4) is 0 Å². The second-order valence-electron chi connectivity index (χ2n) is 8.64. The average molecular weight is 388 g/mol. The molecule has 0 spiro atoms. The third-order valence-corrected chi connectivity index (χ3v) is 5.88. The summed E-state index contributed by atoms with van der Waals surface area (Å²) in [6.07, 6.45) is 25.4. The van der Waals surface area contributed by atoms with Gasteiger partial charge in [-0.3, -0.25) is 0 Å². The van der Waals surface area contributed by atoms with Gasteiger partial charge in [0.2, 0.25) is 0 Å². The summed E-state index contributed by atoms with van der Waals surface area (Å²) in [5.41, 5.74) is 2.83. The van der Waals surface area contributed by atoms with Gasteiger partial charge in [0, 0.05) is 12.2 Å². The molecule has 0 aliphatic rings. The van der Waals surface area contributed by atoms with Crippen molar-refractivity contribution < 1.29 is 0 Å². The Kier molecular flexibility index (Phi) is 17.3. The predicted molar refractivity (Wildman–Crippen MR) is 128 cm³/mol. The Morgan fingerprint density at radius 2 is 1.00 bits per heavy atom. The topological polar surface area (TPSA) is 12.0 Å². The van der Waals surface area contributed by atoms with Crippen LogP contribution in [0.3, 0.4) is 0 Å². The molecule has 0 amide bonds. The first-order valence-corrected chi connectivity index (χ1v) is 12.7. The van der Waals surface area contributed by atoms with Crippen LogP contribution in [-0.2, 0) is 6.42 Å². The number of nitrogens with one attached hydrogen (secondary N) is 1. The van der Waals surface area contributed by atoms with Gasteiger partial charge in [0.15, 0.2) is 0 Å². The quantitative estimate of drug-likeness (QED) is 0.220. The second-order valence-corrected chi connectivity index (χ2v) is 8.64. The zero-order valence-electron chi connectivity index (χ0n) is 19.2. The van der Waals surface area contributed by atoms with Crippen molar-refractivity contribution in [1.29, 1.82) is 0 Å². The van der Waals surface area contributed by atoms with E-state index < -0.39 is 0 Å². The van der Waals surface area contributed by atoms with Gasteiger partial charge in [-0.2, -0.15) is 0 Å². The molecule has 0 heterocycles. The Hall–Kier alpha value is -0.980. The lowest BCUT2D eigenvalue weighted by molar-refractivity contribution is 0.530. The van der Waals surface area contributed by atoms with Crippen molar-refractivity contribution in [1.82, 2.24) is 0 Å². The standard InChI is InChI=1S/C27H49N/c1-3-5-6-7-8-9-10-11-12-13-14-15-16-17-18-21-25-28-27-24-20-19-23-26(27)22-4-2/h19-20,23-24,28H,3-18,21-22,25H2,1-2H3. The minimum absolute atomic E-state index is 1.12. The van der Waals surface area contributed by atoms with Gasteiger partial charge in [-0.15, -0.1) is 0 Å². The van der Waals surface area contributed by atoms with Crippen LogP contribution in [0.5, 0.6) is 0 Å². The Balaban J connectivity index is 1.81. The van der Waals surface area contributed by atoms with E-state index in [2.05, 4.69) is 43.4 Å². The van der Waals surface area contributed by atoms with E-state index in [0.29, 0.717) is 0 Å². The number of hydrogen-bond donors (Lipinski definition) is 1. The van der Waals surface area contributed by atoms with Crippen molar-refractivity contribution in [3.05, 3.63) is 29.8 Å². The van der Waals surface area contributed by atoms with Crippen molar-refractivity contribution in [2.45, 2.75) is 129 Å². The first-order chi connectivity index (χ1) is 13.9. The largest absolute Gasteiger partial charge is 0.385 e. The smallest absolute Gasteiger partial charge is 0.0372 e. The Morgan fingerprint density at radius 1 is 0.536 bits per heavy atom. The summed E-state index contributed by atoms with van der Waals surface area (Å²) in [5.74, 6) is 0. The highest BCUT2D eigenvalue weighted by Crippen LogP contribution is 2.17. The van der Waals surface area contributed by atoms with Crippen molar-refractivity contribution >= 4 is 5.69 Å². The lowest BCUT2D eigenvalue weighted by Gasteiger charge is -2.11. The predicted octanol–water partition coefficient (Wildman–Crippen LogP) is 9.31. The monoisotopic (exact) mass is 387 g/mol. The van der Waals surface area contributed by atoms with Gasteiger partial charge in [-0.25, -0.2) is 0 Å². The van der Waals surface area contributed by atoms with Crippen LogP contribution >= 0.6 is 0 Å². The maximum absolute atomic E-state index is 3.65. The Labute approximate surface area is 177 Å². The molecule has 0 saturated carbocycles. The van der Waals surface area contributed by atoms with E-state index in [1.54, 1.807) is 0 Å². The van der Waals surface area contributed by atoms with E-state index in [9.17, 15) is 0 Å². The number of benzene rings is 1. The minimum atomic E-state index is 1.12. The molecule has 1 heteroatoms. The maximum Gasteiger partial charge on any atom is 0.0372 e. The number of unbranched alkanes of at least 4 members (excludes halogenated alkanes) is 15. The first kappa shape index (κ1) is 25.1. The molecule has 0 aliphatic carbocycles. The number of anilines is 1. The fourth-order valence-electron chi connectivity index (χ4n) is 4.08. The molecule has 0 bridgehead atoms. The van der Waals surface area contributed by atoms with Crippen LogP contribution < -0.4 is 5.32 Å². The zero-order valence-corrected chi connectivity index (χ0v) is 19.2. The second kappa shape index (κ2) is 19.3. The van der Waals surface area contributed by atoms with Crippen LogP contribution in [0.2, 0.25) is 0 Å². The van der Waals surface area contributed by atoms with E-state index in [-0.39, 0.29) is 0 Å². The van der Waals surface area contributed by atoms with Gasteiger partial charge in [-0.1, -0.05) is 135 Å². The lowest BCUT2D eigenvalue weighted by Crippen LogP contribution is -2.04. The van der Waals surface area contributed by atoms with Crippen molar-refractivity contribution in [2.75, 3.05) is 11.9 Å². The van der Waals surface area contributed by atoms with Crippen LogP contribution in [0, 0.1) is 0 Å². The SMILES string of the molecule is CCCCCCCCCCCCCCCCCCNc1ccccc1CCC. The molecular weight excluding hydrogens is 338 g/mol. The molecule has 162 valence electrons. The number of para-hydroxylation sites is 1. The fraction of sp³-hybridized carbons (Fsp3) is 0.778. The molecule has 1 N–H and O–H groups in total. The van der Waals surface area contributed by atoms with E-state index in [0.717, 1.165) is 6.54 Å². The van der Waals surface area contributed by atoms with Gasteiger partial charge in [0.1, 0.15) is 0 Å². The molecule has 0 saturated heterocycles. The maximum atomic E-state index is 3.65. The highest BCUT2D eigenvalue weighted by atomic mass is 14.9. The van der Waals surface area contributed by atoms with E-state index in [4.69, 9.17) is 0 Å². The molecular formula is C27H49N. The van der Waals surface area contributed by atoms with Crippen LogP contribution in [-0.4, -0.2) is 6.54 Å².